The Kier molecular flexibility index (Phi) is 4.77. The van der Waals surface area contributed by atoms with E-state index >= 15 is 0 Å². The highest BCUT2D eigenvalue weighted by atomic mass is 16.3. The first-order valence-corrected chi connectivity index (χ1v) is 8.24. The Bertz CT molecular complexity index is 729. The highest BCUT2D eigenvalue weighted by Gasteiger charge is 2.43. The molecule has 2 aromatic rings. The number of aliphatic hydroxyl groups is 1. The van der Waals surface area contributed by atoms with E-state index in [4.69, 9.17) is 0 Å². The lowest BCUT2D eigenvalue weighted by Gasteiger charge is -2.48. The molecular formula is C20H28NO4+. The molecule has 0 aromatic heterocycles. The van der Waals surface area contributed by atoms with Crippen molar-refractivity contribution in [2.45, 2.75) is 31.9 Å². The summed E-state index contributed by atoms with van der Waals surface area (Å²) in [4.78, 5) is 0. The van der Waals surface area contributed by atoms with E-state index in [9.17, 15) is 20.4 Å². The maximum absolute atomic E-state index is 11.0. The van der Waals surface area contributed by atoms with Crippen LogP contribution in [0.15, 0.2) is 42.5 Å². The standard InChI is InChI=1S/C20H27NO4/c1-19(2,14-6-8-16(22)9-7-14)21(4,5)13-20(3,25)15-10-17(23)12-18(24)11-15/h6-12,25H,13H2,1-5H3,(H2-,22,23,24)/p+1. The summed E-state index contributed by atoms with van der Waals surface area (Å²) in [5.74, 6) is 0.0452. The quantitative estimate of drug-likeness (QED) is 0.627. The van der Waals surface area contributed by atoms with Gasteiger partial charge in [-0.1, -0.05) is 0 Å². The van der Waals surface area contributed by atoms with E-state index < -0.39 is 5.60 Å². The number of nitrogens with zero attached hydrogens (tertiary/aromatic N) is 1. The minimum atomic E-state index is -1.26. The fourth-order valence-corrected chi connectivity index (χ4v) is 3.18. The number of phenolic OH excluding ortho intramolecular Hbond substituents is 3. The zero-order valence-electron chi connectivity index (χ0n) is 15.5. The lowest BCUT2D eigenvalue weighted by Crippen LogP contribution is -2.58. The predicted molar refractivity (Wildman–Crippen MR) is 97.5 cm³/mol. The van der Waals surface area contributed by atoms with Crippen molar-refractivity contribution in [3.05, 3.63) is 53.6 Å². The van der Waals surface area contributed by atoms with Crippen LogP contribution in [0.1, 0.15) is 31.9 Å². The molecule has 0 amide bonds. The van der Waals surface area contributed by atoms with Gasteiger partial charge in [-0.2, -0.15) is 0 Å². The van der Waals surface area contributed by atoms with E-state index in [0.717, 1.165) is 5.56 Å². The Morgan fingerprint density at radius 2 is 1.24 bits per heavy atom. The third kappa shape index (κ3) is 3.89. The fourth-order valence-electron chi connectivity index (χ4n) is 3.18. The molecule has 1 atom stereocenters. The number of benzene rings is 2. The van der Waals surface area contributed by atoms with Crippen molar-refractivity contribution < 1.29 is 24.9 Å². The third-order valence-electron chi connectivity index (χ3n) is 5.31. The summed E-state index contributed by atoms with van der Waals surface area (Å²) in [5.41, 5.74) is -0.118. The second-order valence-corrected chi connectivity index (χ2v) is 7.96. The van der Waals surface area contributed by atoms with Crippen LogP contribution < -0.4 is 0 Å². The first kappa shape index (κ1) is 19.1. The van der Waals surface area contributed by atoms with Crippen molar-refractivity contribution in [2.24, 2.45) is 0 Å². The first-order chi connectivity index (χ1) is 11.3. The number of aromatic hydroxyl groups is 3. The van der Waals surface area contributed by atoms with Crippen molar-refractivity contribution in [3.63, 3.8) is 0 Å². The van der Waals surface area contributed by atoms with Crippen LogP contribution >= 0.6 is 0 Å². The van der Waals surface area contributed by atoms with E-state index in [0.29, 0.717) is 16.6 Å². The van der Waals surface area contributed by atoms with Gasteiger partial charge >= 0.3 is 0 Å². The van der Waals surface area contributed by atoms with Gasteiger partial charge in [-0.25, -0.2) is 0 Å². The van der Waals surface area contributed by atoms with Crippen LogP contribution in [-0.2, 0) is 11.1 Å². The summed E-state index contributed by atoms with van der Waals surface area (Å²) in [6.07, 6.45) is 0. The largest absolute Gasteiger partial charge is 0.508 e. The van der Waals surface area contributed by atoms with Gasteiger partial charge in [-0.3, -0.25) is 0 Å². The monoisotopic (exact) mass is 346 g/mol. The number of likely N-dealkylation sites (N-methyl/N-ethyl adjacent to an activating group) is 1. The first-order valence-electron chi connectivity index (χ1n) is 8.24. The normalized spacial score (nSPS) is 15.0. The maximum Gasteiger partial charge on any atom is 0.136 e. The average Bonchev–Trinajstić information content (AvgIpc) is 2.45. The fraction of sp³-hybridized carbons (Fsp3) is 0.400. The van der Waals surface area contributed by atoms with Crippen molar-refractivity contribution in [3.8, 4) is 17.2 Å². The maximum atomic E-state index is 11.0. The smallest absolute Gasteiger partial charge is 0.136 e. The predicted octanol–water partition coefficient (Wildman–Crippen LogP) is 3.02. The molecule has 0 radical (unpaired) electrons. The van der Waals surface area contributed by atoms with Gasteiger partial charge in [0.25, 0.3) is 0 Å². The highest BCUT2D eigenvalue weighted by molar-refractivity contribution is 5.39. The summed E-state index contributed by atoms with van der Waals surface area (Å²) in [6.45, 7) is 6.18. The van der Waals surface area contributed by atoms with Gasteiger partial charge in [0.05, 0.1) is 14.1 Å². The van der Waals surface area contributed by atoms with Crippen LogP contribution in [0.4, 0.5) is 0 Å². The van der Waals surface area contributed by atoms with E-state index in [2.05, 4.69) is 13.8 Å². The van der Waals surface area contributed by atoms with Gasteiger partial charge in [0, 0.05) is 11.6 Å². The summed E-state index contributed by atoms with van der Waals surface area (Å²) >= 11 is 0. The molecule has 25 heavy (non-hydrogen) atoms. The van der Waals surface area contributed by atoms with Crippen molar-refractivity contribution in [2.75, 3.05) is 20.6 Å². The van der Waals surface area contributed by atoms with Crippen molar-refractivity contribution in [1.82, 2.24) is 0 Å². The van der Waals surface area contributed by atoms with E-state index in [1.807, 2.05) is 26.2 Å². The van der Waals surface area contributed by atoms with E-state index in [-0.39, 0.29) is 22.8 Å². The number of hydrogen-bond acceptors (Lipinski definition) is 4. The number of rotatable bonds is 5. The van der Waals surface area contributed by atoms with Crippen molar-refractivity contribution >= 4 is 0 Å². The Labute approximate surface area is 149 Å². The molecule has 2 rings (SSSR count). The molecule has 0 fully saturated rings. The molecule has 0 heterocycles. The van der Waals surface area contributed by atoms with Crippen LogP contribution in [0.3, 0.4) is 0 Å². The lowest BCUT2D eigenvalue weighted by molar-refractivity contribution is -0.951. The van der Waals surface area contributed by atoms with Gasteiger partial charge in [0.1, 0.15) is 34.9 Å². The molecule has 0 saturated carbocycles. The zero-order valence-corrected chi connectivity index (χ0v) is 15.5. The van der Waals surface area contributed by atoms with Gasteiger partial charge in [-0.05, 0) is 62.7 Å². The Morgan fingerprint density at radius 1 is 0.760 bits per heavy atom. The molecule has 0 aliphatic heterocycles. The number of quaternary nitrogens is 1. The van der Waals surface area contributed by atoms with Gasteiger partial charge < -0.3 is 24.9 Å². The van der Waals surface area contributed by atoms with Crippen LogP contribution in [-0.4, -0.2) is 45.5 Å². The molecule has 1 unspecified atom stereocenters. The highest BCUT2D eigenvalue weighted by Crippen LogP contribution is 2.37. The minimum absolute atomic E-state index is 0.0848. The van der Waals surface area contributed by atoms with Gasteiger partial charge in [0.15, 0.2) is 0 Å². The summed E-state index contributed by atoms with van der Waals surface area (Å²) in [5, 5.41) is 40.0. The van der Waals surface area contributed by atoms with Gasteiger partial charge in [-0.15, -0.1) is 0 Å². The SMILES string of the molecule is CC(O)(C[N+](C)(C)C(C)(C)c1ccc(O)cc1)c1cc(O)cc(O)c1. The van der Waals surface area contributed by atoms with Crippen molar-refractivity contribution in [1.29, 1.82) is 0 Å². The molecule has 5 heteroatoms. The molecule has 2 aromatic carbocycles. The molecule has 0 spiro atoms. The molecular weight excluding hydrogens is 318 g/mol. The molecule has 0 bridgehead atoms. The summed E-state index contributed by atoms with van der Waals surface area (Å²) < 4.78 is 0.446. The third-order valence-corrected chi connectivity index (χ3v) is 5.31. The second kappa shape index (κ2) is 6.24. The molecule has 4 N–H and O–H groups in total. The van der Waals surface area contributed by atoms with Gasteiger partial charge in [0.2, 0.25) is 0 Å². The van der Waals surface area contributed by atoms with Crippen LogP contribution in [0, 0.1) is 0 Å². The molecule has 0 saturated heterocycles. The number of hydrogen-bond donors (Lipinski definition) is 4. The second-order valence-electron chi connectivity index (χ2n) is 7.96. The van der Waals surface area contributed by atoms with Crippen LogP contribution in [0.2, 0.25) is 0 Å². The average molecular weight is 346 g/mol. The lowest BCUT2D eigenvalue weighted by atomic mass is 9.86. The summed E-state index contributed by atoms with van der Waals surface area (Å²) in [7, 11) is 4.04. The van der Waals surface area contributed by atoms with E-state index in [1.165, 1.54) is 18.2 Å². The molecule has 5 nitrogen and oxygen atoms in total. The molecule has 0 aliphatic carbocycles. The Morgan fingerprint density at radius 3 is 1.72 bits per heavy atom. The molecule has 0 aliphatic rings. The van der Waals surface area contributed by atoms with Crippen LogP contribution in [0.5, 0.6) is 17.2 Å². The molecule has 136 valence electrons. The van der Waals surface area contributed by atoms with E-state index in [1.54, 1.807) is 19.1 Å². The van der Waals surface area contributed by atoms with Crippen LogP contribution in [0.25, 0.3) is 0 Å². The Hall–Kier alpha value is -2.24. The topological polar surface area (TPSA) is 80.9 Å². The minimum Gasteiger partial charge on any atom is -0.508 e. The number of phenols is 3. The zero-order chi connectivity index (χ0) is 19.0. The summed E-state index contributed by atoms with van der Waals surface area (Å²) in [6, 6.07) is 11.2. The Balaban J connectivity index is 2.36.